The number of rotatable bonds is 6. The highest BCUT2D eigenvalue weighted by molar-refractivity contribution is 7.11. The maximum atomic E-state index is 11.7. The molecule has 0 spiro atoms. The lowest BCUT2D eigenvalue weighted by atomic mass is 10.1. The number of esters is 1. The van der Waals surface area contributed by atoms with E-state index < -0.39 is 18.1 Å². The lowest BCUT2D eigenvalue weighted by Gasteiger charge is -2.19. The largest absolute Gasteiger partial charge is 0.467 e. The standard InChI is InChI=1S/C14H22N2O4S/c1-8(2)11(13(17)19-5)16-14(18)20-7-10-6-15-12(21-10)9(3)4/h6,8-9,11H,7H2,1-5H3,(H,16,18)/t11-/m1/s1. The zero-order chi connectivity index (χ0) is 16.0. The van der Waals surface area contributed by atoms with E-state index in [9.17, 15) is 9.59 Å². The van der Waals surface area contributed by atoms with Crippen molar-refractivity contribution in [2.24, 2.45) is 5.92 Å². The summed E-state index contributed by atoms with van der Waals surface area (Å²) in [6.07, 6.45) is 1.06. The smallest absolute Gasteiger partial charge is 0.408 e. The number of nitrogens with one attached hydrogen (secondary N) is 1. The van der Waals surface area contributed by atoms with E-state index in [0.717, 1.165) is 9.88 Å². The van der Waals surface area contributed by atoms with Gasteiger partial charge in [0.05, 0.1) is 17.0 Å². The van der Waals surface area contributed by atoms with Crippen molar-refractivity contribution < 1.29 is 19.1 Å². The molecule has 0 saturated heterocycles. The van der Waals surface area contributed by atoms with Crippen LogP contribution in [0.3, 0.4) is 0 Å². The molecule has 0 unspecified atom stereocenters. The quantitative estimate of drug-likeness (QED) is 0.817. The summed E-state index contributed by atoms with van der Waals surface area (Å²) in [6.45, 7) is 7.89. The van der Waals surface area contributed by atoms with Crippen LogP contribution in [0.15, 0.2) is 6.20 Å². The predicted octanol–water partition coefficient (Wildman–Crippen LogP) is 2.69. The Hall–Kier alpha value is -1.63. The van der Waals surface area contributed by atoms with E-state index in [0.29, 0.717) is 5.92 Å². The molecule has 1 aromatic rings. The van der Waals surface area contributed by atoms with Gasteiger partial charge in [0.2, 0.25) is 0 Å². The molecule has 7 heteroatoms. The summed E-state index contributed by atoms with van der Waals surface area (Å²) in [6, 6.07) is -0.713. The molecule has 0 saturated carbocycles. The molecule has 118 valence electrons. The van der Waals surface area contributed by atoms with Crippen LogP contribution in [0.1, 0.15) is 43.5 Å². The van der Waals surface area contributed by atoms with Crippen LogP contribution < -0.4 is 5.32 Å². The Morgan fingerprint density at radius 1 is 1.33 bits per heavy atom. The van der Waals surface area contributed by atoms with Crippen molar-refractivity contribution >= 4 is 23.4 Å². The molecular weight excluding hydrogens is 292 g/mol. The maximum absolute atomic E-state index is 11.7. The molecule has 1 N–H and O–H groups in total. The van der Waals surface area contributed by atoms with Gasteiger partial charge in [0.1, 0.15) is 12.6 Å². The van der Waals surface area contributed by atoms with Crippen molar-refractivity contribution in [3.05, 3.63) is 16.1 Å². The lowest BCUT2D eigenvalue weighted by Crippen LogP contribution is -2.45. The third-order valence-corrected chi connectivity index (χ3v) is 4.08. The van der Waals surface area contributed by atoms with Gasteiger partial charge in [0.25, 0.3) is 0 Å². The minimum atomic E-state index is -0.713. The normalized spacial score (nSPS) is 12.3. The summed E-state index contributed by atoms with van der Waals surface area (Å²) < 4.78 is 9.76. The van der Waals surface area contributed by atoms with Gasteiger partial charge in [-0.1, -0.05) is 27.7 Å². The van der Waals surface area contributed by atoms with Gasteiger partial charge in [-0.15, -0.1) is 11.3 Å². The van der Waals surface area contributed by atoms with E-state index in [1.54, 1.807) is 6.20 Å². The molecule has 0 fully saturated rings. The highest BCUT2D eigenvalue weighted by atomic mass is 32.1. The second-order valence-corrected chi connectivity index (χ2v) is 6.43. The first-order valence-electron chi connectivity index (χ1n) is 6.80. The summed E-state index contributed by atoms with van der Waals surface area (Å²) in [4.78, 5) is 28.4. The van der Waals surface area contributed by atoms with E-state index in [-0.39, 0.29) is 12.5 Å². The Kier molecular flexibility index (Phi) is 6.61. The molecule has 0 aliphatic rings. The summed E-state index contributed by atoms with van der Waals surface area (Å²) in [5.74, 6) is -0.218. The number of aromatic nitrogens is 1. The van der Waals surface area contributed by atoms with Crippen molar-refractivity contribution in [3.63, 3.8) is 0 Å². The van der Waals surface area contributed by atoms with E-state index in [4.69, 9.17) is 4.74 Å². The van der Waals surface area contributed by atoms with Gasteiger partial charge < -0.3 is 14.8 Å². The number of carbonyl (C=O) groups excluding carboxylic acids is 2. The molecule has 1 atom stereocenters. The molecule has 0 aliphatic carbocycles. The summed E-state index contributed by atoms with van der Waals surface area (Å²) >= 11 is 1.51. The summed E-state index contributed by atoms with van der Waals surface area (Å²) in [7, 11) is 1.29. The first-order valence-corrected chi connectivity index (χ1v) is 7.62. The van der Waals surface area contributed by atoms with Gasteiger partial charge >= 0.3 is 12.1 Å². The number of hydrogen-bond donors (Lipinski definition) is 1. The molecule has 1 rings (SSSR count). The zero-order valence-electron chi connectivity index (χ0n) is 13.0. The Morgan fingerprint density at radius 2 is 2.00 bits per heavy atom. The fraction of sp³-hybridized carbons (Fsp3) is 0.643. The molecular formula is C14H22N2O4S. The minimum absolute atomic E-state index is 0.0825. The zero-order valence-corrected chi connectivity index (χ0v) is 13.8. The number of ether oxygens (including phenoxy) is 2. The number of amides is 1. The first kappa shape index (κ1) is 17.4. The molecule has 0 aromatic carbocycles. The number of carbonyl (C=O) groups is 2. The number of nitrogens with zero attached hydrogens (tertiary/aromatic N) is 1. The third kappa shape index (κ3) is 5.34. The molecule has 21 heavy (non-hydrogen) atoms. The van der Waals surface area contributed by atoms with E-state index in [1.165, 1.54) is 18.4 Å². The van der Waals surface area contributed by atoms with Crippen molar-refractivity contribution in [2.75, 3.05) is 7.11 Å². The van der Waals surface area contributed by atoms with Gasteiger partial charge in [-0.3, -0.25) is 0 Å². The van der Waals surface area contributed by atoms with E-state index in [2.05, 4.69) is 28.9 Å². The van der Waals surface area contributed by atoms with Crippen LogP contribution in [0, 0.1) is 5.92 Å². The molecule has 1 amide bonds. The summed E-state index contributed by atoms with van der Waals surface area (Å²) in [5, 5.41) is 3.52. The highest BCUT2D eigenvalue weighted by Crippen LogP contribution is 2.21. The van der Waals surface area contributed by atoms with Gasteiger partial charge in [-0.05, 0) is 5.92 Å². The van der Waals surface area contributed by atoms with Crippen molar-refractivity contribution in [1.82, 2.24) is 10.3 Å². The topological polar surface area (TPSA) is 77.5 Å². The average molecular weight is 314 g/mol. The Morgan fingerprint density at radius 3 is 2.48 bits per heavy atom. The van der Waals surface area contributed by atoms with Gasteiger partial charge in [-0.25, -0.2) is 14.6 Å². The number of methoxy groups -OCH3 is 1. The second-order valence-electron chi connectivity index (χ2n) is 5.28. The monoisotopic (exact) mass is 314 g/mol. The Bertz CT molecular complexity index is 485. The fourth-order valence-corrected chi connectivity index (χ4v) is 2.42. The van der Waals surface area contributed by atoms with Crippen LogP contribution in [-0.4, -0.2) is 30.2 Å². The van der Waals surface area contributed by atoms with Crippen LogP contribution in [0.25, 0.3) is 0 Å². The SMILES string of the molecule is COC(=O)[C@H](NC(=O)OCc1cnc(C(C)C)s1)C(C)C. The minimum Gasteiger partial charge on any atom is -0.467 e. The number of alkyl carbamates (subject to hydrolysis) is 1. The van der Waals surface area contributed by atoms with Crippen LogP contribution in [-0.2, 0) is 20.9 Å². The van der Waals surface area contributed by atoms with Crippen LogP contribution in [0.5, 0.6) is 0 Å². The van der Waals surface area contributed by atoms with E-state index in [1.807, 2.05) is 13.8 Å². The van der Waals surface area contributed by atoms with Gasteiger partial charge in [0, 0.05) is 12.1 Å². The second kappa shape index (κ2) is 7.97. The molecule has 0 aliphatic heterocycles. The fourth-order valence-electron chi connectivity index (χ4n) is 1.59. The Labute approximate surface area is 128 Å². The molecule has 1 aromatic heterocycles. The van der Waals surface area contributed by atoms with Gasteiger partial charge in [-0.2, -0.15) is 0 Å². The molecule has 0 radical (unpaired) electrons. The first-order chi connectivity index (χ1) is 9.85. The maximum Gasteiger partial charge on any atom is 0.408 e. The summed E-state index contributed by atoms with van der Waals surface area (Å²) in [5.41, 5.74) is 0. The van der Waals surface area contributed by atoms with Crippen LogP contribution >= 0.6 is 11.3 Å². The number of thiazole rings is 1. The Balaban J connectivity index is 2.50. The highest BCUT2D eigenvalue weighted by Gasteiger charge is 2.25. The lowest BCUT2D eigenvalue weighted by molar-refractivity contribution is -0.144. The van der Waals surface area contributed by atoms with Crippen molar-refractivity contribution in [3.8, 4) is 0 Å². The van der Waals surface area contributed by atoms with Crippen LogP contribution in [0.4, 0.5) is 4.79 Å². The number of hydrogen-bond acceptors (Lipinski definition) is 6. The molecule has 6 nitrogen and oxygen atoms in total. The van der Waals surface area contributed by atoms with Crippen LogP contribution in [0.2, 0.25) is 0 Å². The van der Waals surface area contributed by atoms with E-state index >= 15 is 0 Å². The molecule has 0 bridgehead atoms. The van der Waals surface area contributed by atoms with Gasteiger partial charge in [0.15, 0.2) is 0 Å². The third-order valence-electron chi connectivity index (χ3n) is 2.81. The van der Waals surface area contributed by atoms with Crippen molar-refractivity contribution in [1.29, 1.82) is 0 Å². The predicted molar refractivity (Wildman–Crippen MR) is 80.2 cm³/mol. The van der Waals surface area contributed by atoms with Crippen molar-refractivity contribution in [2.45, 2.75) is 46.3 Å². The molecule has 1 heterocycles. The average Bonchev–Trinajstić information content (AvgIpc) is 2.90.